The number of fused-ring (bicyclic) bond motifs is 1. The van der Waals surface area contributed by atoms with E-state index in [1.54, 1.807) is 31.2 Å². The maximum atomic E-state index is 13.0. The molecule has 1 aliphatic heterocycles. The molecule has 1 aromatic carbocycles. The van der Waals surface area contributed by atoms with Gasteiger partial charge in [0.05, 0.1) is 5.69 Å². The number of Topliss-reactive ketones (excluding diaryl/α,β-unsaturated/α-hetero) is 1. The lowest BCUT2D eigenvalue weighted by Gasteiger charge is -2.43. The van der Waals surface area contributed by atoms with Crippen molar-refractivity contribution >= 4 is 17.6 Å². The van der Waals surface area contributed by atoms with Crippen molar-refractivity contribution in [3.8, 4) is 0 Å². The second-order valence-corrected chi connectivity index (χ2v) is 8.06. The largest absolute Gasteiger partial charge is 0.465 e. The number of hydrogen-bond acceptors (Lipinski definition) is 4. The predicted octanol–water partition coefficient (Wildman–Crippen LogP) is 4.20. The summed E-state index contributed by atoms with van der Waals surface area (Å²) < 4.78 is 0. The van der Waals surface area contributed by atoms with Gasteiger partial charge in [-0.25, -0.2) is 9.86 Å². The second-order valence-electron chi connectivity index (χ2n) is 8.06. The second kappa shape index (κ2) is 7.11. The SMILES string of the molecule is C=C(C)C[C@H](C1C(=O)c2ccccc2N1O)[C@H](C)N(C(=O)O)C(C)(C)C. The first-order valence-electron chi connectivity index (χ1n) is 8.74. The van der Waals surface area contributed by atoms with Crippen LogP contribution in [-0.2, 0) is 0 Å². The van der Waals surface area contributed by atoms with E-state index in [2.05, 4.69) is 6.58 Å². The third-order valence-electron chi connectivity index (χ3n) is 4.89. The number of allylic oxidation sites excluding steroid dienone is 1. The highest BCUT2D eigenvalue weighted by Gasteiger charge is 2.47. The van der Waals surface area contributed by atoms with E-state index >= 15 is 0 Å². The molecule has 1 heterocycles. The van der Waals surface area contributed by atoms with E-state index in [0.29, 0.717) is 17.7 Å². The number of carbonyl (C=O) groups is 2. The number of hydroxylamine groups is 1. The number of para-hydroxylation sites is 1. The molecule has 6 heteroatoms. The quantitative estimate of drug-likeness (QED) is 0.769. The summed E-state index contributed by atoms with van der Waals surface area (Å²) in [6.45, 7) is 13.0. The third kappa shape index (κ3) is 3.60. The van der Waals surface area contributed by atoms with Crippen molar-refractivity contribution < 1.29 is 19.9 Å². The van der Waals surface area contributed by atoms with Gasteiger partial charge in [-0.2, -0.15) is 0 Å². The molecule has 142 valence electrons. The summed E-state index contributed by atoms with van der Waals surface area (Å²) in [6.07, 6.45) is -0.619. The molecule has 0 saturated heterocycles. The number of hydrogen-bond donors (Lipinski definition) is 2. The normalized spacial score (nSPS) is 19.1. The van der Waals surface area contributed by atoms with Crippen LogP contribution in [0.2, 0.25) is 0 Å². The summed E-state index contributed by atoms with van der Waals surface area (Å²) in [6, 6.07) is 5.54. The molecule has 6 nitrogen and oxygen atoms in total. The number of ketones is 1. The number of amides is 1. The fraction of sp³-hybridized carbons (Fsp3) is 0.500. The Kier molecular flexibility index (Phi) is 5.47. The summed E-state index contributed by atoms with van der Waals surface area (Å²) in [4.78, 5) is 26.2. The van der Waals surface area contributed by atoms with Crippen molar-refractivity contribution in [1.82, 2.24) is 4.90 Å². The number of anilines is 1. The van der Waals surface area contributed by atoms with E-state index in [9.17, 15) is 19.9 Å². The smallest absolute Gasteiger partial charge is 0.407 e. The highest BCUT2D eigenvalue weighted by Crippen LogP contribution is 2.38. The summed E-state index contributed by atoms with van der Waals surface area (Å²) in [5.74, 6) is -0.631. The summed E-state index contributed by atoms with van der Waals surface area (Å²) in [5, 5.41) is 21.4. The van der Waals surface area contributed by atoms with E-state index in [0.717, 1.165) is 10.6 Å². The molecular formula is C20H28N2O4. The van der Waals surface area contributed by atoms with Crippen molar-refractivity contribution in [3.63, 3.8) is 0 Å². The molecule has 1 aromatic rings. The average molecular weight is 360 g/mol. The fourth-order valence-corrected chi connectivity index (χ4v) is 3.89. The summed E-state index contributed by atoms with van der Waals surface area (Å²) in [7, 11) is 0. The number of nitrogens with zero attached hydrogens (tertiary/aromatic N) is 2. The van der Waals surface area contributed by atoms with Gasteiger partial charge < -0.3 is 10.0 Å². The van der Waals surface area contributed by atoms with Crippen LogP contribution in [0.25, 0.3) is 0 Å². The molecule has 0 fully saturated rings. The van der Waals surface area contributed by atoms with Crippen molar-refractivity contribution in [1.29, 1.82) is 0 Å². The van der Waals surface area contributed by atoms with Crippen molar-refractivity contribution in [2.24, 2.45) is 5.92 Å². The summed E-state index contributed by atoms with van der Waals surface area (Å²) in [5.41, 5.74) is 1.10. The van der Waals surface area contributed by atoms with E-state index in [1.807, 2.05) is 27.7 Å². The molecule has 0 bridgehead atoms. The fourth-order valence-electron chi connectivity index (χ4n) is 3.89. The Morgan fingerprint density at radius 2 is 1.92 bits per heavy atom. The van der Waals surface area contributed by atoms with Gasteiger partial charge >= 0.3 is 6.09 Å². The van der Waals surface area contributed by atoms with E-state index < -0.39 is 29.6 Å². The van der Waals surface area contributed by atoms with Crippen molar-refractivity contribution in [2.45, 2.75) is 58.7 Å². The van der Waals surface area contributed by atoms with Gasteiger partial charge in [0.25, 0.3) is 0 Å². The molecule has 0 saturated carbocycles. The van der Waals surface area contributed by atoms with Crippen LogP contribution in [0.3, 0.4) is 0 Å². The Balaban J connectivity index is 2.47. The molecule has 0 aliphatic carbocycles. The van der Waals surface area contributed by atoms with Gasteiger partial charge in [-0.05, 0) is 53.2 Å². The predicted molar refractivity (Wildman–Crippen MR) is 101 cm³/mol. The monoisotopic (exact) mass is 360 g/mol. The maximum Gasteiger partial charge on any atom is 0.407 e. The zero-order valence-electron chi connectivity index (χ0n) is 16.1. The Morgan fingerprint density at radius 3 is 2.38 bits per heavy atom. The van der Waals surface area contributed by atoms with Gasteiger partial charge in [-0.3, -0.25) is 10.0 Å². The average Bonchev–Trinajstić information content (AvgIpc) is 2.75. The molecule has 26 heavy (non-hydrogen) atoms. The minimum atomic E-state index is -1.05. The van der Waals surface area contributed by atoms with E-state index in [1.165, 1.54) is 4.90 Å². The zero-order valence-corrected chi connectivity index (χ0v) is 16.1. The molecule has 1 unspecified atom stereocenters. The van der Waals surface area contributed by atoms with Crippen molar-refractivity contribution in [2.75, 3.05) is 5.06 Å². The van der Waals surface area contributed by atoms with Crippen LogP contribution >= 0.6 is 0 Å². The molecule has 3 atom stereocenters. The number of carboxylic acid groups (broad SMARTS) is 1. The molecule has 1 amide bonds. The molecule has 0 aromatic heterocycles. The van der Waals surface area contributed by atoms with Gasteiger partial charge in [-0.15, -0.1) is 6.58 Å². The molecule has 0 spiro atoms. The minimum absolute atomic E-state index is 0.194. The van der Waals surface area contributed by atoms with E-state index in [4.69, 9.17) is 0 Å². The van der Waals surface area contributed by atoms with Crippen LogP contribution in [0.4, 0.5) is 10.5 Å². The highest BCUT2D eigenvalue weighted by molar-refractivity contribution is 6.10. The van der Waals surface area contributed by atoms with E-state index in [-0.39, 0.29) is 5.78 Å². The zero-order chi connectivity index (χ0) is 19.8. The number of carbonyl (C=O) groups excluding carboxylic acids is 1. The first-order chi connectivity index (χ1) is 12.0. The van der Waals surface area contributed by atoms with Gasteiger partial charge in [0, 0.05) is 23.1 Å². The minimum Gasteiger partial charge on any atom is -0.465 e. The Bertz CT molecular complexity index is 723. The van der Waals surface area contributed by atoms with Gasteiger partial charge in [0.1, 0.15) is 6.04 Å². The van der Waals surface area contributed by atoms with Gasteiger partial charge in [0.15, 0.2) is 5.78 Å². The molecule has 2 rings (SSSR count). The van der Waals surface area contributed by atoms with Crippen LogP contribution in [0.5, 0.6) is 0 Å². The molecule has 2 N–H and O–H groups in total. The molecule has 1 aliphatic rings. The van der Waals surface area contributed by atoms with Crippen molar-refractivity contribution in [3.05, 3.63) is 42.0 Å². The van der Waals surface area contributed by atoms with Crippen LogP contribution in [0.15, 0.2) is 36.4 Å². The number of rotatable bonds is 5. The van der Waals surface area contributed by atoms with Gasteiger partial charge in [0.2, 0.25) is 0 Å². The first-order valence-corrected chi connectivity index (χ1v) is 8.74. The Labute approximate surface area is 154 Å². The van der Waals surface area contributed by atoms with Gasteiger partial charge in [-0.1, -0.05) is 17.7 Å². The lowest BCUT2D eigenvalue weighted by Crippen LogP contribution is -2.57. The highest BCUT2D eigenvalue weighted by atomic mass is 16.5. The first kappa shape index (κ1) is 20.0. The lowest BCUT2D eigenvalue weighted by atomic mass is 9.83. The lowest BCUT2D eigenvalue weighted by molar-refractivity contribution is 0.0392. The number of benzene rings is 1. The Morgan fingerprint density at radius 1 is 1.35 bits per heavy atom. The van der Waals surface area contributed by atoms with Crippen LogP contribution in [0.1, 0.15) is 51.4 Å². The van der Waals surface area contributed by atoms with Crippen LogP contribution in [0, 0.1) is 5.92 Å². The standard InChI is InChI=1S/C20H28N2O4/c1-12(2)11-15(13(3)21(19(24)25)20(4,5)6)17-18(23)14-9-7-8-10-16(14)22(17)26/h7-10,13,15,17,26H,1,11H2,2-6H3,(H,24,25)/t13-,15-,17?/m0/s1. The maximum absolute atomic E-state index is 13.0. The topological polar surface area (TPSA) is 81.1 Å². The van der Waals surface area contributed by atoms with Crippen LogP contribution < -0.4 is 5.06 Å². The van der Waals surface area contributed by atoms with Crippen LogP contribution in [-0.4, -0.2) is 44.7 Å². The molecule has 0 radical (unpaired) electrons. The molecular weight excluding hydrogens is 332 g/mol. The summed E-state index contributed by atoms with van der Waals surface area (Å²) >= 11 is 0. The third-order valence-corrected chi connectivity index (χ3v) is 4.89. The Hall–Kier alpha value is -2.34.